The van der Waals surface area contributed by atoms with Crippen LogP contribution in [0.3, 0.4) is 0 Å². The van der Waals surface area contributed by atoms with E-state index in [1.54, 1.807) is 6.07 Å². The molecule has 2 N–H and O–H groups in total. The topological polar surface area (TPSA) is 106 Å². The van der Waals surface area contributed by atoms with E-state index in [2.05, 4.69) is 27.5 Å². The number of aromatic nitrogens is 1. The molecule has 0 aliphatic rings. The SMILES string of the molecule is C=C(N)[C@@H](C#N)C(=O)COC(=O)c1cncc(Br)c1. The lowest BCUT2D eigenvalue weighted by molar-refractivity contribution is -0.123. The molecule has 6 nitrogen and oxygen atoms in total. The van der Waals surface area contributed by atoms with Gasteiger partial charge in [0.15, 0.2) is 12.4 Å². The first-order valence-corrected chi connectivity index (χ1v) is 5.89. The number of halogens is 1. The maximum atomic E-state index is 11.6. The first-order chi connectivity index (χ1) is 8.95. The molecule has 0 spiro atoms. The minimum absolute atomic E-state index is 0.0762. The predicted molar refractivity (Wildman–Crippen MR) is 69.7 cm³/mol. The smallest absolute Gasteiger partial charge is 0.340 e. The Labute approximate surface area is 118 Å². The molecule has 0 fully saturated rings. The van der Waals surface area contributed by atoms with Crippen molar-refractivity contribution in [3.05, 3.63) is 40.8 Å². The highest BCUT2D eigenvalue weighted by Crippen LogP contribution is 2.11. The van der Waals surface area contributed by atoms with Gasteiger partial charge in [0.25, 0.3) is 0 Å². The van der Waals surface area contributed by atoms with Crippen LogP contribution in [0.25, 0.3) is 0 Å². The fourth-order valence-corrected chi connectivity index (χ4v) is 1.55. The summed E-state index contributed by atoms with van der Waals surface area (Å²) >= 11 is 3.16. The molecule has 19 heavy (non-hydrogen) atoms. The largest absolute Gasteiger partial charge is 0.454 e. The Hall–Kier alpha value is -2.20. The lowest BCUT2D eigenvalue weighted by Gasteiger charge is -2.08. The molecule has 0 amide bonds. The van der Waals surface area contributed by atoms with Gasteiger partial charge in [0.05, 0.1) is 11.6 Å². The number of carbonyl (C=O) groups excluding carboxylic acids is 2. The summed E-state index contributed by atoms with van der Waals surface area (Å²) in [5.74, 6) is -2.50. The molecule has 0 unspecified atom stereocenters. The number of allylic oxidation sites excluding steroid dienone is 1. The van der Waals surface area contributed by atoms with Gasteiger partial charge >= 0.3 is 5.97 Å². The van der Waals surface area contributed by atoms with Crippen molar-refractivity contribution in [2.75, 3.05) is 6.61 Å². The van der Waals surface area contributed by atoms with Gasteiger partial charge < -0.3 is 10.5 Å². The van der Waals surface area contributed by atoms with E-state index in [1.165, 1.54) is 18.5 Å². The lowest BCUT2D eigenvalue weighted by atomic mass is 10.0. The number of nitrogens with two attached hydrogens (primary N) is 1. The molecule has 7 heteroatoms. The second-order valence-electron chi connectivity index (χ2n) is 3.57. The summed E-state index contributed by atoms with van der Waals surface area (Å²) in [5.41, 5.74) is 5.41. The minimum atomic E-state index is -1.17. The summed E-state index contributed by atoms with van der Waals surface area (Å²) in [6, 6.07) is 3.19. The maximum Gasteiger partial charge on any atom is 0.340 e. The van der Waals surface area contributed by atoms with E-state index in [0.29, 0.717) is 4.47 Å². The van der Waals surface area contributed by atoms with Crippen LogP contribution in [-0.2, 0) is 9.53 Å². The quantitative estimate of drug-likeness (QED) is 0.815. The molecule has 0 saturated carbocycles. The van der Waals surface area contributed by atoms with Crippen LogP contribution in [0.1, 0.15) is 10.4 Å². The minimum Gasteiger partial charge on any atom is -0.454 e. The molecule has 1 atom stereocenters. The molecule has 1 aromatic rings. The zero-order chi connectivity index (χ0) is 14.4. The first kappa shape index (κ1) is 14.9. The van der Waals surface area contributed by atoms with Crippen molar-refractivity contribution in [2.45, 2.75) is 0 Å². The Balaban J connectivity index is 2.63. The van der Waals surface area contributed by atoms with Crippen molar-refractivity contribution >= 4 is 27.7 Å². The first-order valence-electron chi connectivity index (χ1n) is 5.10. The van der Waals surface area contributed by atoms with Gasteiger partial charge in [0.2, 0.25) is 0 Å². The number of rotatable bonds is 5. The zero-order valence-corrected chi connectivity index (χ0v) is 11.4. The molecule has 1 heterocycles. The Morgan fingerprint density at radius 3 is 2.79 bits per heavy atom. The average Bonchev–Trinajstić information content (AvgIpc) is 2.36. The number of Topliss-reactive ketones (excluding diaryl/α,β-unsaturated/α-hetero) is 1. The summed E-state index contributed by atoms with van der Waals surface area (Å²) in [6.45, 7) is 2.78. The Morgan fingerprint density at radius 2 is 2.26 bits per heavy atom. The normalized spacial score (nSPS) is 11.2. The van der Waals surface area contributed by atoms with Gasteiger partial charge in [-0.2, -0.15) is 5.26 Å². The van der Waals surface area contributed by atoms with E-state index in [-0.39, 0.29) is 11.3 Å². The van der Waals surface area contributed by atoms with E-state index in [1.807, 2.05) is 0 Å². The van der Waals surface area contributed by atoms with Gasteiger partial charge in [-0.3, -0.25) is 9.78 Å². The highest BCUT2D eigenvalue weighted by molar-refractivity contribution is 9.10. The lowest BCUT2D eigenvalue weighted by Crippen LogP contribution is -2.25. The van der Waals surface area contributed by atoms with E-state index < -0.39 is 24.3 Å². The maximum absolute atomic E-state index is 11.6. The van der Waals surface area contributed by atoms with Crippen LogP contribution in [0.15, 0.2) is 35.2 Å². The van der Waals surface area contributed by atoms with Crippen LogP contribution in [0.4, 0.5) is 0 Å². The highest BCUT2D eigenvalue weighted by atomic mass is 79.9. The second-order valence-corrected chi connectivity index (χ2v) is 4.49. The van der Waals surface area contributed by atoms with Gasteiger partial charge in [-0.25, -0.2) is 4.79 Å². The van der Waals surface area contributed by atoms with E-state index >= 15 is 0 Å². The molecule has 1 rings (SSSR count). The Bertz CT molecular complexity index is 566. The van der Waals surface area contributed by atoms with Crippen molar-refractivity contribution in [3.63, 3.8) is 0 Å². The number of pyridine rings is 1. The molecule has 0 aromatic carbocycles. The number of esters is 1. The summed E-state index contributed by atoms with van der Waals surface area (Å²) in [4.78, 5) is 27.0. The summed E-state index contributed by atoms with van der Waals surface area (Å²) < 4.78 is 5.39. The number of nitrogens with zero attached hydrogens (tertiary/aromatic N) is 2. The second kappa shape index (κ2) is 6.66. The van der Waals surface area contributed by atoms with Crippen LogP contribution in [0.2, 0.25) is 0 Å². The molecule has 98 valence electrons. The van der Waals surface area contributed by atoms with E-state index in [4.69, 9.17) is 15.7 Å². The highest BCUT2D eigenvalue weighted by Gasteiger charge is 2.21. The Kier molecular flexibility index (Phi) is 5.21. The number of carbonyl (C=O) groups is 2. The molecule has 1 aromatic heterocycles. The Morgan fingerprint density at radius 1 is 1.58 bits per heavy atom. The molecular weight excluding hydrogens is 314 g/mol. The van der Waals surface area contributed by atoms with E-state index in [9.17, 15) is 9.59 Å². The third-order valence-corrected chi connectivity index (χ3v) is 2.54. The third-order valence-electron chi connectivity index (χ3n) is 2.11. The van der Waals surface area contributed by atoms with Crippen LogP contribution in [0, 0.1) is 17.2 Å². The van der Waals surface area contributed by atoms with Crippen molar-refractivity contribution in [3.8, 4) is 6.07 Å². The van der Waals surface area contributed by atoms with E-state index in [0.717, 1.165) is 0 Å². The number of hydrogen-bond acceptors (Lipinski definition) is 6. The molecule has 0 aliphatic heterocycles. The zero-order valence-electron chi connectivity index (χ0n) is 9.80. The molecule has 0 aliphatic carbocycles. The van der Waals surface area contributed by atoms with Gasteiger partial charge in [-0.15, -0.1) is 0 Å². The van der Waals surface area contributed by atoms with Crippen LogP contribution >= 0.6 is 15.9 Å². The monoisotopic (exact) mass is 323 g/mol. The molecular formula is C12H10BrN3O3. The molecule has 0 saturated heterocycles. The number of ketones is 1. The summed E-state index contributed by atoms with van der Waals surface area (Å²) in [5, 5.41) is 8.72. The number of hydrogen-bond donors (Lipinski definition) is 1. The van der Waals surface area contributed by atoms with Gasteiger partial charge in [-0.1, -0.05) is 6.58 Å². The average molecular weight is 324 g/mol. The van der Waals surface area contributed by atoms with Crippen molar-refractivity contribution in [2.24, 2.45) is 11.7 Å². The fourth-order valence-electron chi connectivity index (χ4n) is 1.19. The van der Waals surface area contributed by atoms with Gasteiger partial charge in [0, 0.05) is 22.6 Å². The standard InChI is InChI=1S/C12H10BrN3O3/c1-7(15)10(3-14)11(17)6-19-12(18)8-2-9(13)5-16-4-8/h2,4-5,10H,1,6,15H2/t10-/m1/s1. The van der Waals surface area contributed by atoms with Gasteiger partial charge in [-0.05, 0) is 22.0 Å². The molecule has 0 bridgehead atoms. The van der Waals surface area contributed by atoms with Crippen LogP contribution in [-0.4, -0.2) is 23.3 Å². The fraction of sp³-hybridized carbons (Fsp3) is 0.167. The summed E-state index contributed by atoms with van der Waals surface area (Å²) in [7, 11) is 0. The van der Waals surface area contributed by atoms with Crippen LogP contribution in [0.5, 0.6) is 0 Å². The summed E-state index contributed by atoms with van der Waals surface area (Å²) in [6.07, 6.45) is 2.81. The van der Waals surface area contributed by atoms with Crippen molar-refractivity contribution < 1.29 is 14.3 Å². The van der Waals surface area contributed by atoms with Gasteiger partial charge in [0.1, 0.15) is 5.92 Å². The predicted octanol–water partition coefficient (Wildman–Crippen LogP) is 1.18. The van der Waals surface area contributed by atoms with Crippen molar-refractivity contribution in [1.82, 2.24) is 4.98 Å². The van der Waals surface area contributed by atoms with Crippen molar-refractivity contribution in [1.29, 1.82) is 5.26 Å². The molecule has 0 radical (unpaired) electrons. The number of nitriles is 1. The third kappa shape index (κ3) is 4.19. The van der Waals surface area contributed by atoms with Crippen LogP contribution < -0.4 is 5.73 Å². The number of ether oxygens (including phenoxy) is 1.